The smallest absolute Gasteiger partial charge is 0.330 e. The van der Waals surface area contributed by atoms with Crippen molar-refractivity contribution in [2.24, 2.45) is 20.0 Å². The highest BCUT2D eigenvalue weighted by molar-refractivity contribution is 5.05. The Morgan fingerprint density at radius 3 is 2.80 bits per heavy atom. The summed E-state index contributed by atoms with van der Waals surface area (Å²) in [7, 11) is 3.13. The molecule has 1 aromatic rings. The van der Waals surface area contributed by atoms with Crippen LogP contribution in [0.1, 0.15) is 31.2 Å². The third kappa shape index (κ3) is 3.37. The van der Waals surface area contributed by atoms with Gasteiger partial charge >= 0.3 is 5.69 Å². The topological polar surface area (TPSA) is 76.3 Å². The number of rotatable bonds is 4. The van der Waals surface area contributed by atoms with Gasteiger partial charge in [0.1, 0.15) is 0 Å². The molecule has 6 nitrogen and oxygen atoms in total. The highest BCUT2D eigenvalue weighted by Crippen LogP contribution is 2.23. The van der Waals surface area contributed by atoms with E-state index in [9.17, 15) is 14.7 Å². The first-order chi connectivity index (χ1) is 9.49. The van der Waals surface area contributed by atoms with Gasteiger partial charge in [-0.1, -0.05) is 6.42 Å². The van der Waals surface area contributed by atoms with Crippen LogP contribution >= 0.6 is 0 Å². The highest BCUT2D eigenvalue weighted by Gasteiger charge is 2.19. The lowest BCUT2D eigenvalue weighted by Crippen LogP contribution is -2.40. The van der Waals surface area contributed by atoms with Crippen LogP contribution in [-0.2, 0) is 20.6 Å². The molecule has 1 heterocycles. The van der Waals surface area contributed by atoms with Crippen molar-refractivity contribution in [2.45, 2.75) is 38.3 Å². The summed E-state index contributed by atoms with van der Waals surface area (Å²) >= 11 is 0. The van der Waals surface area contributed by atoms with Gasteiger partial charge in [0.15, 0.2) is 0 Å². The Hall–Kier alpha value is -1.40. The molecule has 2 rings (SSSR count). The lowest BCUT2D eigenvalue weighted by atomic mass is 9.87. The van der Waals surface area contributed by atoms with Crippen LogP contribution in [0.4, 0.5) is 0 Å². The van der Waals surface area contributed by atoms with Crippen LogP contribution < -0.4 is 16.6 Å². The summed E-state index contributed by atoms with van der Waals surface area (Å²) < 4.78 is 2.55. The Morgan fingerprint density at radius 2 is 2.10 bits per heavy atom. The molecule has 1 saturated carbocycles. The van der Waals surface area contributed by atoms with Crippen molar-refractivity contribution in [3.63, 3.8) is 0 Å². The van der Waals surface area contributed by atoms with Crippen LogP contribution in [0.3, 0.4) is 0 Å². The number of hydrogen-bond acceptors (Lipinski definition) is 4. The summed E-state index contributed by atoms with van der Waals surface area (Å²) in [4.78, 5) is 23.5. The van der Waals surface area contributed by atoms with Crippen molar-refractivity contribution in [1.29, 1.82) is 0 Å². The molecule has 1 aliphatic carbocycles. The Kier molecular flexibility index (Phi) is 4.77. The number of aryl methyl sites for hydroxylation is 1. The number of nitrogens with zero attached hydrogens (tertiary/aromatic N) is 2. The molecule has 0 radical (unpaired) electrons. The molecule has 1 aliphatic rings. The molecule has 20 heavy (non-hydrogen) atoms. The summed E-state index contributed by atoms with van der Waals surface area (Å²) in [6, 6.07) is 0. The normalized spacial score (nSPS) is 22.9. The molecule has 1 fully saturated rings. The lowest BCUT2D eigenvalue weighted by molar-refractivity contribution is 0.101. The van der Waals surface area contributed by atoms with Crippen LogP contribution in [0.5, 0.6) is 0 Å². The number of hydrogen-bond donors (Lipinski definition) is 2. The molecule has 2 N–H and O–H groups in total. The Morgan fingerprint density at radius 1 is 1.35 bits per heavy atom. The minimum atomic E-state index is -0.311. The van der Waals surface area contributed by atoms with Crippen LogP contribution in [0.2, 0.25) is 0 Å². The maximum Gasteiger partial charge on any atom is 0.330 e. The molecule has 6 heteroatoms. The zero-order chi connectivity index (χ0) is 14.7. The molecule has 0 aromatic carbocycles. The van der Waals surface area contributed by atoms with E-state index in [1.54, 1.807) is 13.2 Å². The standard InChI is InChI=1S/C14H23N3O3/c1-16-9-11(13(19)17(2)14(16)20)8-15-7-10-4-3-5-12(18)6-10/h9-10,12,15,18H,3-8H2,1-2H3. The monoisotopic (exact) mass is 281 g/mol. The predicted molar refractivity (Wildman–Crippen MR) is 76.6 cm³/mol. The van der Waals surface area contributed by atoms with Gasteiger partial charge in [-0.05, 0) is 31.7 Å². The van der Waals surface area contributed by atoms with Crippen molar-refractivity contribution in [3.8, 4) is 0 Å². The van der Waals surface area contributed by atoms with Crippen molar-refractivity contribution in [2.75, 3.05) is 6.54 Å². The fraction of sp³-hybridized carbons (Fsp3) is 0.714. The Balaban J connectivity index is 1.95. The Bertz CT molecular complexity index is 576. The van der Waals surface area contributed by atoms with Crippen molar-refractivity contribution >= 4 is 0 Å². The Labute approximate surface area is 118 Å². The molecule has 0 amide bonds. The van der Waals surface area contributed by atoms with Gasteiger partial charge in [0.05, 0.1) is 6.10 Å². The second-order valence-corrected chi connectivity index (χ2v) is 5.73. The van der Waals surface area contributed by atoms with E-state index in [1.165, 1.54) is 11.6 Å². The van der Waals surface area contributed by atoms with E-state index in [1.807, 2.05) is 0 Å². The van der Waals surface area contributed by atoms with Gasteiger partial charge in [-0.2, -0.15) is 0 Å². The first-order valence-electron chi connectivity index (χ1n) is 7.13. The van der Waals surface area contributed by atoms with Crippen molar-refractivity contribution in [1.82, 2.24) is 14.5 Å². The fourth-order valence-corrected chi connectivity index (χ4v) is 2.86. The predicted octanol–water partition coefficient (Wildman–Crippen LogP) is -0.275. The van der Waals surface area contributed by atoms with Gasteiger partial charge in [-0.3, -0.25) is 9.36 Å². The van der Waals surface area contributed by atoms with Crippen molar-refractivity contribution < 1.29 is 5.11 Å². The zero-order valence-corrected chi connectivity index (χ0v) is 12.1. The third-order valence-electron chi connectivity index (χ3n) is 4.02. The van der Waals surface area contributed by atoms with Gasteiger partial charge in [-0.15, -0.1) is 0 Å². The van der Waals surface area contributed by atoms with E-state index in [4.69, 9.17) is 0 Å². The summed E-state index contributed by atoms with van der Waals surface area (Å²) in [6.07, 6.45) is 5.33. The summed E-state index contributed by atoms with van der Waals surface area (Å²) in [5, 5.41) is 12.9. The zero-order valence-electron chi connectivity index (χ0n) is 12.1. The third-order valence-corrected chi connectivity index (χ3v) is 4.02. The summed E-state index contributed by atoms with van der Waals surface area (Å²) in [5.41, 5.74) is 0.0318. The van der Waals surface area contributed by atoms with Crippen LogP contribution in [0.25, 0.3) is 0 Å². The van der Waals surface area contributed by atoms with E-state index in [0.29, 0.717) is 18.0 Å². The van der Waals surface area contributed by atoms with Gasteiger partial charge < -0.3 is 15.0 Å². The van der Waals surface area contributed by atoms with E-state index in [0.717, 1.165) is 36.8 Å². The molecule has 2 atom stereocenters. The highest BCUT2D eigenvalue weighted by atomic mass is 16.3. The minimum absolute atomic E-state index is 0.180. The summed E-state index contributed by atoms with van der Waals surface area (Å²) in [6.45, 7) is 1.25. The average molecular weight is 281 g/mol. The van der Waals surface area contributed by atoms with E-state index >= 15 is 0 Å². The van der Waals surface area contributed by atoms with Crippen LogP contribution in [0, 0.1) is 5.92 Å². The average Bonchev–Trinajstić information content (AvgIpc) is 2.42. The molecule has 0 bridgehead atoms. The van der Waals surface area contributed by atoms with Gasteiger partial charge in [-0.25, -0.2) is 4.79 Å². The van der Waals surface area contributed by atoms with Crippen LogP contribution in [0.15, 0.2) is 15.8 Å². The fourth-order valence-electron chi connectivity index (χ4n) is 2.86. The molecular weight excluding hydrogens is 258 g/mol. The molecule has 1 aromatic heterocycles. The molecule has 0 saturated heterocycles. The van der Waals surface area contributed by atoms with E-state index < -0.39 is 0 Å². The maximum atomic E-state index is 11.9. The number of nitrogens with one attached hydrogen (secondary N) is 1. The van der Waals surface area contributed by atoms with E-state index in [2.05, 4.69) is 5.32 Å². The first kappa shape index (κ1) is 15.0. The first-order valence-corrected chi connectivity index (χ1v) is 7.13. The second-order valence-electron chi connectivity index (χ2n) is 5.73. The van der Waals surface area contributed by atoms with Crippen molar-refractivity contribution in [3.05, 3.63) is 32.6 Å². The molecular formula is C14H23N3O3. The molecule has 112 valence electrons. The number of aliphatic hydroxyl groups excluding tert-OH is 1. The van der Waals surface area contributed by atoms with Gasteiger partial charge in [0.2, 0.25) is 0 Å². The van der Waals surface area contributed by atoms with E-state index in [-0.39, 0.29) is 17.4 Å². The maximum absolute atomic E-state index is 11.9. The lowest BCUT2D eigenvalue weighted by Gasteiger charge is -2.26. The SMILES string of the molecule is Cn1cc(CNCC2CCCC(O)C2)c(=O)n(C)c1=O. The van der Waals surface area contributed by atoms with Gasteiger partial charge in [0, 0.05) is 32.4 Å². The summed E-state index contributed by atoms with van der Waals surface area (Å²) in [5.74, 6) is 0.468. The number of aliphatic hydroxyl groups is 1. The molecule has 0 spiro atoms. The second kappa shape index (κ2) is 6.37. The quantitative estimate of drug-likeness (QED) is 0.796. The van der Waals surface area contributed by atoms with Gasteiger partial charge in [0.25, 0.3) is 5.56 Å². The van der Waals surface area contributed by atoms with Crippen LogP contribution in [-0.4, -0.2) is 26.9 Å². The number of aromatic nitrogens is 2. The largest absolute Gasteiger partial charge is 0.393 e. The minimum Gasteiger partial charge on any atom is -0.393 e. The molecule has 0 aliphatic heterocycles. The molecule has 2 unspecified atom stereocenters.